The Bertz CT molecular complexity index is 2370. The van der Waals surface area contributed by atoms with Crippen LogP contribution in [0, 0.1) is 24.0 Å². The molecule has 0 spiro atoms. The van der Waals surface area contributed by atoms with Crippen LogP contribution in [-0.2, 0) is 26.5 Å². The van der Waals surface area contributed by atoms with Crippen LogP contribution in [0.3, 0.4) is 0 Å². The van der Waals surface area contributed by atoms with Crippen molar-refractivity contribution < 1.29 is 24.5 Å². The fraction of sp³-hybridized carbons (Fsp3) is 0.346. The molecular weight excluding hydrogens is 933 g/mol. The average molecular weight is 990 g/mol. The van der Waals surface area contributed by atoms with Gasteiger partial charge in [-0.05, 0) is 53.6 Å². The van der Waals surface area contributed by atoms with E-state index in [4.69, 9.17) is 14.4 Å². The van der Waals surface area contributed by atoms with Crippen LogP contribution in [0.4, 0.5) is 0 Å². The van der Waals surface area contributed by atoms with Crippen molar-refractivity contribution in [3.8, 4) is 33.6 Å². The molecule has 1 unspecified atom stereocenters. The van der Waals surface area contributed by atoms with Gasteiger partial charge in [0.05, 0.1) is 5.58 Å². The molecule has 3 heterocycles. The summed E-state index contributed by atoms with van der Waals surface area (Å²) in [5.74, 6) is 9.65. The van der Waals surface area contributed by atoms with Crippen molar-refractivity contribution in [3.05, 3.63) is 139 Å². The van der Waals surface area contributed by atoms with E-state index in [1.807, 2.05) is 30.5 Å². The van der Waals surface area contributed by atoms with Gasteiger partial charge < -0.3 is 9.40 Å². The molecule has 2 aliphatic rings. The molecule has 2 saturated carbocycles. The number of rotatable bonds is 8. The van der Waals surface area contributed by atoms with Crippen molar-refractivity contribution >= 4 is 39.6 Å². The number of benzene rings is 4. The van der Waals surface area contributed by atoms with Crippen LogP contribution in [0.1, 0.15) is 88.2 Å². The van der Waals surface area contributed by atoms with Crippen LogP contribution in [-0.4, -0.2) is 23.2 Å². The van der Waals surface area contributed by atoms with E-state index in [0.29, 0.717) is 5.92 Å². The Balaban J connectivity index is 0.000000183. The summed E-state index contributed by atoms with van der Waals surface area (Å²) in [6.07, 6.45) is 19.3. The Labute approximate surface area is 356 Å². The van der Waals surface area contributed by atoms with Crippen LogP contribution >= 0.6 is 0 Å². The number of aromatic nitrogens is 2. The quantitative estimate of drug-likeness (QED) is 0.112. The molecule has 0 amide bonds. The van der Waals surface area contributed by atoms with E-state index in [2.05, 4.69) is 121 Å². The smallest absolute Gasteiger partial charge is 0 e. The molecule has 0 saturated heterocycles. The molecule has 4 aromatic carbocycles. The molecular formula is C52H56GeIrN2O-2. The maximum absolute atomic E-state index is 6.45. The molecule has 5 heteroatoms. The first-order chi connectivity index (χ1) is 27.3. The van der Waals surface area contributed by atoms with Crippen LogP contribution < -0.4 is 4.40 Å². The summed E-state index contributed by atoms with van der Waals surface area (Å²) in [5, 5.41) is 2.25. The van der Waals surface area contributed by atoms with Crippen molar-refractivity contribution in [1.29, 1.82) is 0 Å². The molecule has 3 nitrogen and oxygen atoms in total. The van der Waals surface area contributed by atoms with Crippen molar-refractivity contribution in [2.45, 2.75) is 101 Å². The molecule has 3 aromatic heterocycles. The van der Waals surface area contributed by atoms with Crippen LogP contribution in [0.2, 0.25) is 17.3 Å². The molecule has 0 aliphatic heterocycles. The Morgan fingerprint density at radius 1 is 0.702 bits per heavy atom. The normalized spacial score (nSPS) is 15.8. The number of nitrogens with zero attached hydrogens (tertiary/aromatic N) is 2. The summed E-state index contributed by atoms with van der Waals surface area (Å²) in [6, 6.07) is 42.8. The summed E-state index contributed by atoms with van der Waals surface area (Å²) >= 11 is -1.89. The number of hydrogen-bond donors (Lipinski definition) is 0. The maximum Gasteiger partial charge on any atom is 0 e. The SMILES string of the molecule is CC(c1ccnc(-c2[c-]ccc3c2oc2cc(-c4ccccc4)ccc23)c1)C1CCCCC1.[CH3][Ge]([CH3])([CH3])[c]1cnc(-c2[c-]cccc2)cc1CC1CCCCC1.[Ir]. The average Bonchev–Trinajstić information content (AvgIpc) is 3.63. The Kier molecular flexibility index (Phi) is 13.7. The number of furan rings is 1. The third-order valence-corrected chi connectivity index (χ3v) is 16.8. The topological polar surface area (TPSA) is 38.9 Å². The maximum atomic E-state index is 6.45. The molecule has 295 valence electrons. The van der Waals surface area contributed by atoms with Crippen molar-refractivity contribution in [2.24, 2.45) is 11.8 Å². The molecule has 0 N–H and O–H groups in total. The first kappa shape index (κ1) is 41.3. The standard InChI is InChI=1S/C31H28NO.C21H28GeN.Ir/c1-21(22-9-4-2-5-10-22)24-17-18-32-29(19-24)28-14-8-13-27-26-16-15-25(20-30(26)33-31(27)28)23-11-6-3-7-12-23;1-22(2,3)20-16-23-21(18-12-8-5-9-13-18)15-19(20)14-17-10-6-4-7-11-17;/h3,6-8,11-13,15-22H,2,4-5,9-10H2,1H3;5,8-9,12,15-17H,4,6-7,10-11,14H2,1-3H3;/q2*-1;. The summed E-state index contributed by atoms with van der Waals surface area (Å²) < 4.78 is 8.04. The van der Waals surface area contributed by atoms with E-state index in [0.717, 1.165) is 61.9 Å². The fourth-order valence-electron chi connectivity index (χ4n) is 9.26. The molecule has 57 heavy (non-hydrogen) atoms. The van der Waals surface area contributed by atoms with E-state index in [9.17, 15) is 0 Å². The Morgan fingerprint density at radius 2 is 1.46 bits per heavy atom. The van der Waals surface area contributed by atoms with Crippen LogP contribution in [0.5, 0.6) is 0 Å². The van der Waals surface area contributed by atoms with Gasteiger partial charge in [-0.15, -0.1) is 18.2 Å². The van der Waals surface area contributed by atoms with E-state index >= 15 is 0 Å². The second kappa shape index (κ2) is 18.8. The van der Waals surface area contributed by atoms with Gasteiger partial charge in [0.1, 0.15) is 5.58 Å². The van der Waals surface area contributed by atoms with Crippen molar-refractivity contribution in [2.75, 3.05) is 0 Å². The zero-order valence-corrected chi connectivity index (χ0v) is 38.6. The summed E-state index contributed by atoms with van der Waals surface area (Å²) in [4.78, 5) is 9.52. The van der Waals surface area contributed by atoms with Crippen molar-refractivity contribution in [3.63, 3.8) is 0 Å². The third kappa shape index (κ3) is 9.73. The molecule has 9 rings (SSSR count). The van der Waals surface area contributed by atoms with Gasteiger partial charge in [-0.25, -0.2) is 0 Å². The minimum absolute atomic E-state index is 0. The van der Waals surface area contributed by atoms with Gasteiger partial charge in [0.2, 0.25) is 0 Å². The monoisotopic (exact) mass is 991 g/mol. The first-order valence-corrected chi connectivity index (χ1v) is 28.5. The van der Waals surface area contributed by atoms with Gasteiger partial charge in [-0.3, -0.25) is 0 Å². The Hall–Kier alpha value is -3.83. The summed E-state index contributed by atoms with van der Waals surface area (Å²) in [5.41, 5.74) is 11.2. The van der Waals surface area contributed by atoms with Gasteiger partial charge >= 0.3 is 144 Å². The molecule has 7 aromatic rings. The molecule has 1 atom stereocenters. The number of fused-ring (bicyclic) bond motifs is 3. The predicted molar refractivity (Wildman–Crippen MR) is 238 cm³/mol. The van der Waals surface area contributed by atoms with Gasteiger partial charge in [-0.1, -0.05) is 91.2 Å². The first-order valence-electron chi connectivity index (χ1n) is 21.2. The second-order valence-corrected chi connectivity index (χ2v) is 28.0. The number of pyridine rings is 2. The molecule has 2 fully saturated rings. The van der Waals surface area contributed by atoms with Crippen molar-refractivity contribution in [1.82, 2.24) is 9.97 Å². The molecule has 2 aliphatic carbocycles. The predicted octanol–water partition coefficient (Wildman–Crippen LogP) is 14.0. The van der Waals surface area contributed by atoms with E-state index < -0.39 is 13.3 Å². The van der Waals surface area contributed by atoms with Crippen LogP contribution in [0.25, 0.3) is 55.6 Å². The zero-order chi connectivity index (χ0) is 38.5. The summed E-state index contributed by atoms with van der Waals surface area (Å²) in [6.45, 7) is 2.38. The van der Waals surface area contributed by atoms with E-state index in [-0.39, 0.29) is 20.1 Å². The van der Waals surface area contributed by atoms with Gasteiger partial charge in [0.25, 0.3) is 0 Å². The largest absolute Gasteiger partial charge is 0 e. The minimum atomic E-state index is -1.89. The van der Waals surface area contributed by atoms with Gasteiger partial charge in [0, 0.05) is 31.7 Å². The molecule has 0 bridgehead atoms. The molecule has 1 radical (unpaired) electrons. The van der Waals surface area contributed by atoms with E-state index in [1.54, 1.807) is 9.96 Å². The fourth-order valence-corrected chi connectivity index (χ4v) is 12.6. The second-order valence-electron chi connectivity index (χ2n) is 17.4. The Morgan fingerprint density at radius 3 is 2.19 bits per heavy atom. The zero-order valence-electron chi connectivity index (χ0n) is 34.1. The summed E-state index contributed by atoms with van der Waals surface area (Å²) in [7, 11) is 0. The van der Waals surface area contributed by atoms with E-state index in [1.165, 1.54) is 81.8 Å². The number of hydrogen-bond acceptors (Lipinski definition) is 3. The minimum Gasteiger partial charge on any atom is 0 e. The van der Waals surface area contributed by atoms with Gasteiger partial charge in [0.15, 0.2) is 0 Å². The van der Waals surface area contributed by atoms with Gasteiger partial charge in [-0.2, -0.15) is 0 Å². The third-order valence-electron chi connectivity index (χ3n) is 12.5. The van der Waals surface area contributed by atoms with Crippen LogP contribution in [0.15, 0.2) is 120 Å².